The van der Waals surface area contributed by atoms with E-state index in [1.54, 1.807) is 12.1 Å². The first-order valence-corrected chi connectivity index (χ1v) is 5.93. The smallest absolute Gasteiger partial charge is 0.142 e. The van der Waals surface area contributed by atoms with Crippen LogP contribution in [0.3, 0.4) is 0 Å². The third-order valence-corrected chi connectivity index (χ3v) is 3.64. The number of hydrogen-bond acceptors (Lipinski definition) is 1. The first kappa shape index (κ1) is 13.5. The van der Waals surface area contributed by atoms with Gasteiger partial charge in [0.25, 0.3) is 0 Å². The minimum Gasteiger partial charge on any atom is -0.389 e. The molecular formula is C13H18ClFO. The van der Waals surface area contributed by atoms with E-state index in [9.17, 15) is 9.50 Å². The van der Waals surface area contributed by atoms with Crippen molar-refractivity contribution in [2.45, 2.75) is 39.2 Å². The predicted molar refractivity (Wildman–Crippen MR) is 65.2 cm³/mol. The summed E-state index contributed by atoms with van der Waals surface area (Å²) in [6.07, 6.45) is 1.01. The lowest BCUT2D eigenvalue weighted by Gasteiger charge is -2.31. The molecule has 0 heterocycles. The third kappa shape index (κ3) is 2.74. The van der Waals surface area contributed by atoms with Crippen LogP contribution in [-0.2, 0) is 6.42 Å². The van der Waals surface area contributed by atoms with Gasteiger partial charge in [0.05, 0.1) is 10.6 Å². The van der Waals surface area contributed by atoms with Crippen LogP contribution >= 0.6 is 11.6 Å². The first-order valence-electron chi connectivity index (χ1n) is 5.56. The lowest BCUT2D eigenvalue weighted by atomic mass is 9.82. The van der Waals surface area contributed by atoms with Crippen LogP contribution in [0.15, 0.2) is 18.2 Å². The van der Waals surface area contributed by atoms with Crippen LogP contribution in [0.5, 0.6) is 0 Å². The van der Waals surface area contributed by atoms with Crippen LogP contribution in [-0.4, -0.2) is 10.7 Å². The molecule has 0 aliphatic heterocycles. The Kier molecular flexibility index (Phi) is 4.34. The topological polar surface area (TPSA) is 20.2 Å². The van der Waals surface area contributed by atoms with E-state index in [1.165, 1.54) is 6.07 Å². The molecule has 0 spiro atoms. The van der Waals surface area contributed by atoms with Gasteiger partial charge in [0.1, 0.15) is 5.82 Å². The second-order valence-electron chi connectivity index (χ2n) is 4.50. The van der Waals surface area contributed by atoms with Gasteiger partial charge in [-0.3, -0.25) is 0 Å². The standard InChI is InChI=1S/C13H18ClFO/c1-4-13(16,9(2)3)8-10-6-5-7-11(15)12(10)14/h5-7,9,16H,4,8H2,1-3H3. The quantitative estimate of drug-likeness (QED) is 0.854. The molecule has 90 valence electrons. The zero-order valence-corrected chi connectivity index (χ0v) is 10.7. The highest BCUT2D eigenvalue weighted by Gasteiger charge is 2.30. The maximum atomic E-state index is 13.2. The van der Waals surface area contributed by atoms with Gasteiger partial charge < -0.3 is 5.11 Å². The predicted octanol–water partition coefficient (Wildman–Crippen LogP) is 3.82. The van der Waals surface area contributed by atoms with E-state index in [0.29, 0.717) is 18.4 Å². The molecule has 1 aromatic rings. The summed E-state index contributed by atoms with van der Waals surface area (Å²) in [4.78, 5) is 0. The molecule has 1 unspecified atom stereocenters. The Labute approximate surface area is 101 Å². The van der Waals surface area contributed by atoms with Crippen molar-refractivity contribution in [3.63, 3.8) is 0 Å². The molecular weight excluding hydrogens is 227 g/mol. The molecule has 0 aromatic heterocycles. The molecule has 1 rings (SSSR count). The van der Waals surface area contributed by atoms with E-state index in [2.05, 4.69) is 0 Å². The van der Waals surface area contributed by atoms with Crippen molar-refractivity contribution < 1.29 is 9.50 Å². The fraction of sp³-hybridized carbons (Fsp3) is 0.538. The Morgan fingerprint density at radius 1 is 1.44 bits per heavy atom. The second-order valence-corrected chi connectivity index (χ2v) is 4.88. The average molecular weight is 245 g/mol. The maximum absolute atomic E-state index is 13.2. The van der Waals surface area contributed by atoms with E-state index < -0.39 is 11.4 Å². The summed E-state index contributed by atoms with van der Waals surface area (Å²) in [5.74, 6) is -0.321. The highest BCUT2D eigenvalue weighted by Crippen LogP contribution is 2.29. The molecule has 16 heavy (non-hydrogen) atoms. The van der Waals surface area contributed by atoms with Gasteiger partial charge in [-0.1, -0.05) is 44.5 Å². The highest BCUT2D eigenvalue weighted by molar-refractivity contribution is 6.31. The second kappa shape index (κ2) is 5.15. The average Bonchev–Trinajstić information content (AvgIpc) is 2.24. The molecule has 0 fully saturated rings. The monoisotopic (exact) mass is 244 g/mol. The SMILES string of the molecule is CCC(O)(Cc1cccc(F)c1Cl)C(C)C. The summed E-state index contributed by atoms with van der Waals surface area (Å²) in [7, 11) is 0. The van der Waals surface area contributed by atoms with Gasteiger partial charge in [-0.05, 0) is 24.0 Å². The van der Waals surface area contributed by atoms with E-state index in [0.717, 1.165) is 0 Å². The van der Waals surface area contributed by atoms with Crippen LogP contribution in [0.4, 0.5) is 4.39 Å². The molecule has 1 aromatic carbocycles. The van der Waals surface area contributed by atoms with Crippen molar-refractivity contribution in [1.82, 2.24) is 0 Å². The summed E-state index contributed by atoms with van der Waals surface area (Å²) in [6, 6.07) is 4.70. The number of rotatable bonds is 4. The Morgan fingerprint density at radius 2 is 2.06 bits per heavy atom. The normalized spacial score (nSPS) is 15.2. The minimum atomic E-state index is -0.822. The van der Waals surface area contributed by atoms with Crippen molar-refractivity contribution in [3.05, 3.63) is 34.6 Å². The zero-order valence-electron chi connectivity index (χ0n) is 9.93. The zero-order chi connectivity index (χ0) is 12.3. The molecule has 1 atom stereocenters. The largest absolute Gasteiger partial charge is 0.389 e. The van der Waals surface area contributed by atoms with Gasteiger partial charge in [0.15, 0.2) is 0 Å². The molecule has 0 aliphatic carbocycles. The van der Waals surface area contributed by atoms with Crippen LogP contribution in [0, 0.1) is 11.7 Å². The number of halogens is 2. The Bertz CT molecular complexity index is 365. The summed E-state index contributed by atoms with van der Waals surface area (Å²) >= 11 is 5.87. The number of aliphatic hydroxyl groups is 1. The van der Waals surface area contributed by atoms with E-state index in [-0.39, 0.29) is 10.9 Å². The van der Waals surface area contributed by atoms with Gasteiger partial charge in [0, 0.05) is 6.42 Å². The molecule has 1 N–H and O–H groups in total. The van der Waals surface area contributed by atoms with Gasteiger partial charge in [-0.15, -0.1) is 0 Å². The fourth-order valence-electron chi connectivity index (χ4n) is 1.75. The molecule has 3 heteroatoms. The highest BCUT2D eigenvalue weighted by atomic mass is 35.5. The maximum Gasteiger partial charge on any atom is 0.142 e. The van der Waals surface area contributed by atoms with Crippen molar-refractivity contribution in [2.24, 2.45) is 5.92 Å². The third-order valence-electron chi connectivity index (χ3n) is 3.22. The lowest BCUT2D eigenvalue weighted by Crippen LogP contribution is -2.36. The fourth-order valence-corrected chi connectivity index (χ4v) is 1.94. The Morgan fingerprint density at radius 3 is 2.56 bits per heavy atom. The van der Waals surface area contributed by atoms with E-state index >= 15 is 0 Å². The number of hydrogen-bond donors (Lipinski definition) is 1. The van der Waals surface area contributed by atoms with Crippen molar-refractivity contribution in [2.75, 3.05) is 0 Å². The van der Waals surface area contributed by atoms with Crippen molar-refractivity contribution in [3.8, 4) is 0 Å². The van der Waals surface area contributed by atoms with Crippen molar-refractivity contribution in [1.29, 1.82) is 0 Å². The summed E-state index contributed by atoms with van der Waals surface area (Å²) < 4.78 is 13.2. The minimum absolute atomic E-state index is 0.108. The van der Waals surface area contributed by atoms with Gasteiger partial charge >= 0.3 is 0 Å². The molecule has 0 amide bonds. The van der Waals surface area contributed by atoms with Gasteiger partial charge in [-0.25, -0.2) is 4.39 Å². The molecule has 0 saturated carbocycles. The molecule has 0 aliphatic rings. The Balaban J connectivity index is 2.99. The molecule has 0 saturated heterocycles. The summed E-state index contributed by atoms with van der Waals surface area (Å²) in [5, 5.41) is 10.5. The molecule has 0 bridgehead atoms. The summed E-state index contributed by atoms with van der Waals surface area (Å²) in [6.45, 7) is 5.83. The first-order chi connectivity index (χ1) is 7.40. The lowest BCUT2D eigenvalue weighted by molar-refractivity contribution is -0.00831. The number of benzene rings is 1. The molecule has 1 nitrogen and oxygen atoms in total. The van der Waals surface area contributed by atoms with Gasteiger partial charge in [-0.2, -0.15) is 0 Å². The van der Waals surface area contributed by atoms with Gasteiger partial charge in [0.2, 0.25) is 0 Å². The van der Waals surface area contributed by atoms with Crippen molar-refractivity contribution >= 4 is 11.6 Å². The van der Waals surface area contributed by atoms with Crippen LogP contribution in [0.2, 0.25) is 5.02 Å². The van der Waals surface area contributed by atoms with E-state index in [1.807, 2.05) is 20.8 Å². The van der Waals surface area contributed by atoms with E-state index in [4.69, 9.17) is 11.6 Å². The van der Waals surface area contributed by atoms with Crippen LogP contribution in [0.25, 0.3) is 0 Å². The molecule has 0 radical (unpaired) electrons. The Hall–Kier alpha value is -0.600. The van der Waals surface area contributed by atoms with Crippen LogP contribution in [0.1, 0.15) is 32.8 Å². The summed E-state index contributed by atoms with van der Waals surface area (Å²) in [5.41, 5.74) is -0.156. The van der Waals surface area contributed by atoms with Crippen LogP contribution < -0.4 is 0 Å².